The van der Waals surface area contributed by atoms with Crippen LogP contribution in [-0.2, 0) is 23.8 Å². The number of rotatable bonds is 8. The Morgan fingerprint density at radius 3 is 2.39 bits per heavy atom. The number of halogens is 1. The summed E-state index contributed by atoms with van der Waals surface area (Å²) in [6.07, 6.45) is 5.42. The van der Waals surface area contributed by atoms with Gasteiger partial charge >= 0.3 is 5.97 Å². The fourth-order valence-electron chi connectivity index (χ4n) is 4.56. The van der Waals surface area contributed by atoms with E-state index in [1.807, 2.05) is 6.92 Å². The molecule has 0 amide bonds. The van der Waals surface area contributed by atoms with Crippen molar-refractivity contribution in [1.29, 1.82) is 0 Å². The first-order valence-corrected chi connectivity index (χ1v) is 15.6. The second-order valence-electron chi connectivity index (χ2n) is 9.00. The number of hydrogen-bond donors (Lipinski definition) is 1. The van der Waals surface area contributed by atoms with E-state index < -0.39 is 25.0 Å². The van der Waals surface area contributed by atoms with E-state index in [1.165, 1.54) is 12.4 Å². The van der Waals surface area contributed by atoms with E-state index in [2.05, 4.69) is 10.3 Å². The fraction of sp³-hybridized carbons (Fsp3) is 0.417. The zero-order valence-electron chi connectivity index (χ0n) is 20.0. The highest BCUT2D eigenvalue weighted by atomic mass is 35.7. The number of anilines is 1. The van der Waals surface area contributed by atoms with Gasteiger partial charge in [-0.25, -0.2) is 30.6 Å². The minimum Gasteiger partial charge on any atom is -0.462 e. The van der Waals surface area contributed by atoms with E-state index in [1.54, 1.807) is 37.3 Å². The van der Waals surface area contributed by atoms with Crippen molar-refractivity contribution in [3.63, 3.8) is 0 Å². The number of aromatic nitrogens is 2. The lowest BCUT2D eigenvalue weighted by atomic mass is 9.87. The molecule has 0 unspecified atom stereocenters. The van der Waals surface area contributed by atoms with Crippen LogP contribution in [-0.4, -0.2) is 50.2 Å². The van der Waals surface area contributed by atoms with Gasteiger partial charge in [-0.2, -0.15) is 0 Å². The summed E-state index contributed by atoms with van der Waals surface area (Å²) >= 11 is 0. The first-order chi connectivity index (χ1) is 17.0. The van der Waals surface area contributed by atoms with E-state index in [0.29, 0.717) is 36.8 Å². The minimum absolute atomic E-state index is 0.0201. The summed E-state index contributed by atoms with van der Waals surface area (Å²) in [5.41, 5.74) is 1.78. The molecule has 3 aromatic rings. The van der Waals surface area contributed by atoms with E-state index in [-0.39, 0.29) is 40.4 Å². The van der Waals surface area contributed by atoms with Gasteiger partial charge in [0.25, 0.3) is 10.0 Å². The van der Waals surface area contributed by atoms with Crippen molar-refractivity contribution in [2.75, 3.05) is 17.7 Å². The van der Waals surface area contributed by atoms with Gasteiger partial charge in [-0.15, -0.1) is 0 Å². The summed E-state index contributed by atoms with van der Waals surface area (Å²) in [4.78, 5) is 17.2. The van der Waals surface area contributed by atoms with Crippen LogP contribution in [0, 0.1) is 12.8 Å². The Labute approximate surface area is 215 Å². The van der Waals surface area contributed by atoms with E-state index in [0.717, 1.165) is 9.54 Å². The summed E-state index contributed by atoms with van der Waals surface area (Å²) in [6.45, 7) is 3.75. The number of benzene rings is 1. The van der Waals surface area contributed by atoms with Gasteiger partial charge in [-0.05, 0) is 63.6 Å². The van der Waals surface area contributed by atoms with Crippen LogP contribution in [0.2, 0.25) is 0 Å². The van der Waals surface area contributed by atoms with E-state index >= 15 is 0 Å². The van der Waals surface area contributed by atoms with Gasteiger partial charge in [0, 0.05) is 34.5 Å². The number of hydrogen-bond acceptors (Lipinski definition) is 8. The lowest BCUT2D eigenvalue weighted by Gasteiger charge is -2.29. The summed E-state index contributed by atoms with van der Waals surface area (Å²) in [5, 5.41) is 3.87. The Kier molecular flexibility index (Phi) is 7.63. The van der Waals surface area contributed by atoms with Gasteiger partial charge in [0.05, 0.1) is 22.9 Å². The molecule has 194 valence electrons. The average molecular weight is 554 g/mol. The van der Waals surface area contributed by atoms with Crippen LogP contribution >= 0.6 is 10.7 Å². The summed E-state index contributed by atoms with van der Waals surface area (Å²) in [6, 6.07) is 8.11. The topological polar surface area (TPSA) is 124 Å². The minimum atomic E-state index is -3.92. The maximum Gasteiger partial charge on any atom is 0.341 e. The van der Waals surface area contributed by atoms with Crippen LogP contribution in [0.3, 0.4) is 0 Å². The normalized spacial score (nSPS) is 18.8. The van der Waals surface area contributed by atoms with E-state index in [9.17, 15) is 21.6 Å². The molecule has 2 aromatic heterocycles. The summed E-state index contributed by atoms with van der Waals surface area (Å²) < 4.78 is 55.9. The molecule has 0 spiro atoms. The van der Waals surface area contributed by atoms with Crippen LogP contribution in [0.4, 0.5) is 5.69 Å². The molecule has 1 aliphatic rings. The molecule has 9 nitrogen and oxygen atoms in total. The number of carbonyl (C=O) groups is 1. The monoisotopic (exact) mass is 553 g/mol. The predicted octanol–water partition coefficient (Wildman–Crippen LogP) is 4.30. The third kappa shape index (κ3) is 5.68. The first-order valence-electron chi connectivity index (χ1n) is 11.7. The highest BCUT2D eigenvalue weighted by Crippen LogP contribution is 2.34. The molecule has 4 rings (SSSR count). The number of esters is 1. The number of fused-ring (bicyclic) bond motifs is 1. The molecule has 1 aromatic carbocycles. The van der Waals surface area contributed by atoms with Crippen molar-refractivity contribution in [1.82, 2.24) is 8.96 Å². The molecular formula is C24H28ClN3O6S2. The maximum atomic E-state index is 13.3. The molecular weight excluding hydrogens is 526 g/mol. The molecule has 1 aliphatic carbocycles. The van der Waals surface area contributed by atoms with Crippen molar-refractivity contribution < 1.29 is 26.4 Å². The Morgan fingerprint density at radius 1 is 1.11 bits per heavy atom. The zero-order chi connectivity index (χ0) is 26.1. The van der Waals surface area contributed by atoms with Gasteiger partial charge in [0.15, 0.2) is 5.65 Å². The second kappa shape index (κ2) is 10.4. The lowest BCUT2D eigenvalue weighted by molar-refractivity contribution is 0.0527. The number of carbonyl (C=O) groups excluding carboxylic acids is 1. The zero-order valence-corrected chi connectivity index (χ0v) is 22.4. The molecule has 0 saturated heterocycles. The van der Waals surface area contributed by atoms with Crippen molar-refractivity contribution in [2.24, 2.45) is 5.92 Å². The van der Waals surface area contributed by atoms with Gasteiger partial charge in [0.2, 0.25) is 9.05 Å². The quantitative estimate of drug-likeness (QED) is 0.323. The molecule has 1 saturated carbocycles. The molecule has 0 atom stereocenters. The van der Waals surface area contributed by atoms with Gasteiger partial charge in [-0.1, -0.05) is 17.7 Å². The lowest BCUT2D eigenvalue weighted by Crippen LogP contribution is -2.29. The first kappa shape index (κ1) is 26.4. The molecule has 12 heteroatoms. The van der Waals surface area contributed by atoms with Gasteiger partial charge < -0.3 is 10.1 Å². The highest BCUT2D eigenvalue weighted by molar-refractivity contribution is 8.13. The van der Waals surface area contributed by atoms with Crippen LogP contribution < -0.4 is 5.32 Å². The molecule has 0 radical (unpaired) electrons. The highest BCUT2D eigenvalue weighted by Gasteiger charge is 2.28. The van der Waals surface area contributed by atoms with Crippen LogP contribution in [0.15, 0.2) is 47.6 Å². The predicted molar refractivity (Wildman–Crippen MR) is 138 cm³/mol. The number of pyridine rings is 1. The number of ether oxygens (including phenoxy) is 1. The third-order valence-corrected chi connectivity index (χ3v) is 9.31. The number of nitrogens with one attached hydrogen (secondary N) is 1. The number of aryl methyl sites for hydroxylation is 1. The third-order valence-electron chi connectivity index (χ3n) is 6.38. The Balaban J connectivity index is 1.70. The van der Waals surface area contributed by atoms with Crippen molar-refractivity contribution in [3.05, 3.63) is 53.9 Å². The SMILES string of the molecule is CCOC(=O)c1cnc2c(ccn2S(=O)(=O)c2ccc(C)cc2)c1N[C@H]1CC[C@H](CS(=O)(=O)Cl)CC1. The molecule has 0 aliphatic heterocycles. The standard InChI is InChI=1S/C24H28ClN3O6S2/c1-3-34-24(29)21-14-26-23-20(12-13-28(23)36(32,33)19-10-4-16(2)5-11-19)22(21)27-18-8-6-17(7-9-18)15-35(25,30)31/h4-5,10-14,17-18H,3,6-9,15H2,1-2H3,(H,26,27)/t17-,18-. The van der Waals surface area contributed by atoms with E-state index in [4.69, 9.17) is 15.4 Å². The molecule has 36 heavy (non-hydrogen) atoms. The van der Waals surface area contributed by atoms with Crippen LogP contribution in [0.25, 0.3) is 11.0 Å². The van der Waals surface area contributed by atoms with Gasteiger partial charge in [0.1, 0.15) is 5.56 Å². The van der Waals surface area contributed by atoms with Crippen LogP contribution in [0.5, 0.6) is 0 Å². The van der Waals surface area contributed by atoms with Crippen LogP contribution in [0.1, 0.15) is 48.5 Å². The molecule has 0 bridgehead atoms. The molecule has 2 heterocycles. The van der Waals surface area contributed by atoms with Crippen molar-refractivity contribution in [3.8, 4) is 0 Å². The smallest absolute Gasteiger partial charge is 0.341 e. The van der Waals surface area contributed by atoms with Crippen molar-refractivity contribution >= 4 is 52.4 Å². The fourth-order valence-corrected chi connectivity index (χ4v) is 7.29. The molecule has 1 N–H and O–H groups in total. The Hall–Kier alpha value is -2.63. The maximum absolute atomic E-state index is 13.3. The Bertz CT molecular complexity index is 1480. The molecule has 1 fully saturated rings. The summed E-state index contributed by atoms with van der Waals surface area (Å²) in [5.74, 6) is -0.645. The summed E-state index contributed by atoms with van der Waals surface area (Å²) in [7, 11) is -2.06. The Morgan fingerprint density at radius 2 is 1.78 bits per heavy atom. The van der Waals surface area contributed by atoms with Crippen molar-refractivity contribution in [2.45, 2.75) is 50.5 Å². The second-order valence-corrected chi connectivity index (χ2v) is 13.6. The van der Waals surface area contributed by atoms with Gasteiger partial charge in [-0.3, -0.25) is 0 Å². The largest absolute Gasteiger partial charge is 0.462 e. The average Bonchev–Trinajstić information content (AvgIpc) is 3.25. The number of nitrogens with zero attached hydrogens (tertiary/aromatic N) is 2.